The molecule has 0 amide bonds. The highest BCUT2D eigenvalue weighted by Gasteiger charge is 2.42. The molecule has 0 radical (unpaired) electrons. The van der Waals surface area contributed by atoms with E-state index in [0.29, 0.717) is 5.56 Å². The fourth-order valence-electron chi connectivity index (χ4n) is 3.33. The molecule has 3 rings (SSSR count). The van der Waals surface area contributed by atoms with Crippen molar-refractivity contribution in [2.24, 2.45) is 0 Å². The van der Waals surface area contributed by atoms with E-state index in [4.69, 9.17) is 9.84 Å². The predicted octanol–water partition coefficient (Wildman–Crippen LogP) is 2.68. The number of hydrogen-bond donors (Lipinski definition) is 1. The van der Waals surface area contributed by atoms with Crippen LogP contribution in [0.4, 0.5) is 0 Å². The molecule has 4 nitrogen and oxygen atoms in total. The Morgan fingerprint density at radius 3 is 2.89 bits per heavy atom. The van der Waals surface area contributed by atoms with Gasteiger partial charge in [0.25, 0.3) is 0 Å². The molecular formula is C14H19NO3. The average molecular weight is 249 g/mol. The molecule has 1 aliphatic carbocycles. The minimum absolute atomic E-state index is 0.160. The van der Waals surface area contributed by atoms with E-state index in [2.05, 4.69) is 0 Å². The lowest BCUT2D eigenvalue weighted by atomic mass is 9.98. The Hall–Kier alpha value is -1.29. The van der Waals surface area contributed by atoms with Gasteiger partial charge in [0.1, 0.15) is 0 Å². The van der Waals surface area contributed by atoms with Gasteiger partial charge in [0.2, 0.25) is 0 Å². The summed E-state index contributed by atoms with van der Waals surface area (Å²) >= 11 is 0. The number of carboxylic acid groups (broad SMARTS) is 1. The number of ether oxygens (including phenoxy) is 1. The quantitative estimate of drug-likeness (QED) is 0.896. The molecule has 2 aliphatic rings. The van der Waals surface area contributed by atoms with Crippen LogP contribution in [0.1, 0.15) is 48.9 Å². The molecule has 2 heterocycles. The van der Waals surface area contributed by atoms with Crippen molar-refractivity contribution < 1.29 is 14.6 Å². The highest BCUT2D eigenvalue weighted by molar-refractivity contribution is 5.87. The maximum Gasteiger partial charge on any atom is 0.337 e. The van der Waals surface area contributed by atoms with E-state index in [1.54, 1.807) is 12.3 Å². The van der Waals surface area contributed by atoms with E-state index in [1.165, 1.54) is 32.1 Å². The van der Waals surface area contributed by atoms with E-state index in [9.17, 15) is 4.79 Å². The van der Waals surface area contributed by atoms with Gasteiger partial charge < -0.3 is 14.4 Å². The molecule has 1 aromatic rings. The van der Waals surface area contributed by atoms with Crippen LogP contribution in [0.3, 0.4) is 0 Å². The number of nitrogens with zero attached hydrogens (tertiary/aromatic N) is 1. The minimum Gasteiger partial charge on any atom is -0.478 e. The first-order valence-electron chi connectivity index (χ1n) is 6.74. The molecule has 1 saturated heterocycles. The Bertz CT molecular complexity index is 446. The first-order valence-corrected chi connectivity index (χ1v) is 6.74. The molecule has 1 spiro atoms. The summed E-state index contributed by atoms with van der Waals surface area (Å²) in [5.74, 6) is -0.867. The van der Waals surface area contributed by atoms with Gasteiger partial charge in [-0.05, 0) is 31.7 Å². The zero-order valence-corrected chi connectivity index (χ0v) is 10.5. The van der Waals surface area contributed by atoms with Gasteiger partial charge in [-0.25, -0.2) is 4.79 Å². The van der Waals surface area contributed by atoms with Crippen LogP contribution in [0.25, 0.3) is 0 Å². The summed E-state index contributed by atoms with van der Waals surface area (Å²) in [5.41, 5.74) is 0.511. The molecule has 1 N–H and O–H groups in total. The number of hydrogen-bond acceptors (Lipinski definition) is 2. The number of carbonyl (C=O) groups is 1. The number of aromatic carboxylic acids is 1. The zero-order valence-electron chi connectivity index (χ0n) is 10.5. The van der Waals surface area contributed by atoms with E-state index < -0.39 is 5.97 Å². The van der Waals surface area contributed by atoms with Crippen molar-refractivity contribution in [3.05, 3.63) is 24.0 Å². The van der Waals surface area contributed by atoms with Crippen LogP contribution in [0.15, 0.2) is 18.5 Å². The normalized spacial score (nSPS) is 25.9. The Morgan fingerprint density at radius 2 is 2.22 bits per heavy atom. The molecule has 1 atom stereocenters. The lowest BCUT2D eigenvalue weighted by molar-refractivity contribution is -0.0417. The second-order valence-corrected chi connectivity index (χ2v) is 5.57. The fourth-order valence-corrected chi connectivity index (χ4v) is 3.33. The predicted molar refractivity (Wildman–Crippen MR) is 66.7 cm³/mol. The van der Waals surface area contributed by atoms with Gasteiger partial charge in [-0.3, -0.25) is 0 Å². The Kier molecular flexibility index (Phi) is 2.90. The molecule has 0 bridgehead atoms. The smallest absolute Gasteiger partial charge is 0.337 e. The summed E-state index contributed by atoms with van der Waals surface area (Å²) in [6.45, 7) is 0.773. The highest BCUT2D eigenvalue weighted by Crippen LogP contribution is 2.43. The zero-order chi connectivity index (χ0) is 12.6. The van der Waals surface area contributed by atoms with E-state index >= 15 is 0 Å². The third-order valence-corrected chi connectivity index (χ3v) is 4.27. The van der Waals surface area contributed by atoms with Crippen molar-refractivity contribution in [1.29, 1.82) is 0 Å². The minimum atomic E-state index is -0.867. The number of rotatable bonds is 3. The molecule has 1 saturated carbocycles. The fraction of sp³-hybridized carbons (Fsp3) is 0.643. The van der Waals surface area contributed by atoms with Crippen LogP contribution in [0.2, 0.25) is 0 Å². The first kappa shape index (κ1) is 11.8. The van der Waals surface area contributed by atoms with Crippen molar-refractivity contribution in [3.63, 3.8) is 0 Å². The Labute approximate surface area is 107 Å². The van der Waals surface area contributed by atoms with Crippen LogP contribution in [-0.4, -0.2) is 27.3 Å². The summed E-state index contributed by atoms with van der Waals surface area (Å²) in [4.78, 5) is 10.8. The summed E-state index contributed by atoms with van der Waals surface area (Å²) in [6, 6.07) is 1.64. The first-order chi connectivity index (χ1) is 8.67. The highest BCUT2D eigenvalue weighted by atomic mass is 16.5. The third kappa shape index (κ3) is 2.17. The average Bonchev–Trinajstić information content (AvgIpc) is 3.03. The lowest BCUT2D eigenvalue weighted by Crippen LogP contribution is -2.26. The lowest BCUT2D eigenvalue weighted by Gasteiger charge is -2.23. The third-order valence-electron chi connectivity index (χ3n) is 4.27. The molecule has 1 unspecified atom stereocenters. The summed E-state index contributed by atoms with van der Waals surface area (Å²) in [6.07, 6.45) is 11.0. The molecule has 98 valence electrons. The van der Waals surface area contributed by atoms with Gasteiger partial charge >= 0.3 is 5.97 Å². The van der Waals surface area contributed by atoms with Crippen LogP contribution in [0.5, 0.6) is 0 Å². The second-order valence-electron chi connectivity index (χ2n) is 5.57. The molecule has 4 heteroatoms. The molecule has 1 aliphatic heterocycles. The Balaban J connectivity index is 1.61. The van der Waals surface area contributed by atoms with Crippen LogP contribution >= 0.6 is 0 Å². The summed E-state index contributed by atoms with van der Waals surface area (Å²) in [7, 11) is 0. The molecule has 2 fully saturated rings. The van der Waals surface area contributed by atoms with Crippen molar-refractivity contribution in [1.82, 2.24) is 4.57 Å². The largest absolute Gasteiger partial charge is 0.478 e. The monoisotopic (exact) mass is 249 g/mol. The van der Waals surface area contributed by atoms with Gasteiger partial charge in [0.05, 0.1) is 17.3 Å². The number of aromatic nitrogens is 1. The van der Waals surface area contributed by atoms with Crippen molar-refractivity contribution in [2.45, 2.75) is 56.8 Å². The molecule has 1 aromatic heterocycles. The van der Waals surface area contributed by atoms with Gasteiger partial charge in [-0.2, -0.15) is 0 Å². The van der Waals surface area contributed by atoms with Gasteiger partial charge in [0, 0.05) is 18.9 Å². The standard InChI is InChI=1S/C14H19NO3/c16-13(17)11-4-8-15(9-11)10-12-3-7-14(18-12)5-1-2-6-14/h4,8-9,12H,1-3,5-7,10H2,(H,16,17). The van der Waals surface area contributed by atoms with Crippen molar-refractivity contribution in [3.8, 4) is 0 Å². The SMILES string of the molecule is O=C(O)c1ccn(CC2CCC3(CCCC3)O2)c1. The number of carboxylic acids is 1. The second kappa shape index (κ2) is 4.43. The summed E-state index contributed by atoms with van der Waals surface area (Å²) in [5, 5.41) is 8.88. The molecule has 0 aromatic carbocycles. The summed E-state index contributed by atoms with van der Waals surface area (Å²) < 4.78 is 8.15. The van der Waals surface area contributed by atoms with Crippen LogP contribution < -0.4 is 0 Å². The van der Waals surface area contributed by atoms with Crippen LogP contribution in [-0.2, 0) is 11.3 Å². The van der Waals surface area contributed by atoms with E-state index in [-0.39, 0.29) is 11.7 Å². The van der Waals surface area contributed by atoms with Gasteiger partial charge in [0.15, 0.2) is 0 Å². The van der Waals surface area contributed by atoms with E-state index in [1.807, 2.05) is 10.8 Å². The van der Waals surface area contributed by atoms with Crippen molar-refractivity contribution >= 4 is 5.97 Å². The van der Waals surface area contributed by atoms with Gasteiger partial charge in [-0.1, -0.05) is 12.8 Å². The Morgan fingerprint density at radius 1 is 1.44 bits per heavy atom. The maximum atomic E-state index is 10.8. The van der Waals surface area contributed by atoms with Crippen molar-refractivity contribution in [2.75, 3.05) is 0 Å². The van der Waals surface area contributed by atoms with Crippen LogP contribution in [0, 0.1) is 0 Å². The van der Waals surface area contributed by atoms with Gasteiger partial charge in [-0.15, -0.1) is 0 Å². The topological polar surface area (TPSA) is 51.5 Å². The van der Waals surface area contributed by atoms with E-state index in [0.717, 1.165) is 13.0 Å². The maximum absolute atomic E-state index is 10.8. The molecular weight excluding hydrogens is 230 g/mol. The molecule has 18 heavy (non-hydrogen) atoms.